The second-order valence-electron chi connectivity index (χ2n) is 5.65. The van der Waals surface area contributed by atoms with Crippen LogP contribution < -0.4 is 0 Å². The molecule has 0 amide bonds. The Kier molecular flexibility index (Phi) is 30.3. The Bertz CT molecular complexity index is 131. The van der Waals surface area contributed by atoms with Gasteiger partial charge in [0.2, 0.25) is 0 Å². The van der Waals surface area contributed by atoms with Gasteiger partial charge in [0.15, 0.2) is 0 Å². The zero-order valence-corrected chi connectivity index (χ0v) is 20.8. The first-order chi connectivity index (χ1) is 8.24. The summed E-state index contributed by atoms with van der Waals surface area (Å²) in [6.07, 6.45) is 11.1. The molecule has 0 fully saturated rings. The average molecular weight is 470 g/mol. The largest absolute Gasteiger partial charge is 2.00 e. The third-order valence-corrected chi connectivity index (χ3v) is 3.94. The molecule has 120 valence electrons. The van der Waals surface area contributed by atoms with Crippen LogP contribution in [0.25, 0.3) is 0 Å². The fourth-order valence-corrected chi connectivity index (χ4v) is 2.64. The summed E-state index contributed by atoms with van der Waals surface area (Å²) in [7, 11) is 0. The van der Waals surface area contributed by atoms with Gasteiger partial charge in [0.1, 0.15) is 0 Å². The van der Waals surface area contributed by atoms with E-state index in [4.69, 9.17) is 0 Å². The average Bonchev–Trinajstić information content (AvgIpc) is 2.37. The minimum Gasteiger partial charge on any atom is -0.324 e. The molecule has 0 rings (SSSR count). The molecule has 0 radical (unpaired) electrons. The Morgan fingerprint density at radius 2 is 0.700 bits per heavy atom. The van der Waals surface area contributed by atoms with Gasteiger partial charge in [-0.05, 0) is 25.7 Å². The number of quaternary nitrogens is 1. The van der Waals surface area contributed by atoms with Crippen molar-refractivity contribution in [3.8, 4) is 0 Å². The topological polar surface area (TPSA) is 0 Å². The van der Waals surface area contributed by atoms with Gasteiger partial charge in [0, 0.05) is 0 Å². The first-order valence-electron chi connectivity index (χ1n) is 8.09. The molecule has 0 aromatic rings. The van der Waals surface area contributed by atoms with Crippen LogP contribution in [0, 0.1) is 0 Å². The zero-order chi connectivity index (χ0) is 13.0. The van der Waals surface area contributed by atoms with E-state index >= 15 is 0 Å². The number of halogens is 2. The molecule has 0 spiro atoms. The summed E-state index contributed by atoms with van der Waals surface area (Å²) >= 11 is 0. The monoisotopic (exact) mass is 466 g/mol. The predicted octanol–water partition coefficient (Wildman–Crippen LogP) is 6.16. The molecule has 1 nitrogen and oxygen atoms in total. The first-order valence-corrected chi connectivity index (χ1v) is 8.09. The van der Waals surface area contributed by atoms with E-state index in [9.17, 15) is 0 Å². The van der Waals surface area contributed by atoms with E-state index in [1.807, 2.05) is 0 Å². The fraction of sp³-hybridized carbons (Fsp3) is 1.00. The normalized spacial score (nSPS) is 10.2. The van der Waals surface area contributed by atoms with Crippen LogP contribution in [0.2, 0.25) is 0 Å². The van der Waals surface area contributed by atoms with Crippen molar-refractivity contribution in [1.29, 1.82) is 0 Å². The summed E-state index contributed by atoms with van der Waals surface area (Å²) < 4.78 is 1.42. The number of hydrogen-bond donors (Lipinski definition) is 0. The van der Waals surface area contributed by atoms with Gasteiger partial charge < -0.3 is 4.48 Å². The molecule has 0 heterocycles. The fourth-order valence-electron chi connectivity index (χ4n) is 2.64. The standard InChI is InChI=1S/C16H36N.2BrH.Zn/c1-5-9-13-17(14-10-6-2,15-11-7-3)16-12-8-4;;;/h5-16H2,1-4H3;2*1H;/q+1;;;+2. The van der Waals surface area contributed by atoms with Crippen LogP contribution >= 0.6 is 34.0 Å². The van der Waals surface area contributed by atoms with Crippen molar-refractivity contribution in [2.24, 2.45) is 0 Å². The minimum atomic E-state index is 0. The Labute approximate surface area is 162 Å². The van der Waals surface area contributed by atoms with Gasteiger partial charge in [0.25, 0.3) is 0 Å². The molecule has 0 N–H and O–H groups in total. The number of rotatable bonds is 12. The van der Waals surface area contributed by atoms with Gasteiger partial charge in [-0.1, -0.05) is 53.4 Å². The minimum absolute atomic E-state index is 0. The second kappa shape index (κ2) is 20.5. The molecule has 0 aliphatic rings. The summed E-state index contributed by atoms with van der Waals surface area (Å²) in [5, 5.41) is 0. The van der Waals surface area contributed by atoms with Crippen LogP contribution in [0.15, 0.2) is 0 Å². The Balaban J connectivity index is -0.000000427. The van der Waals surface area contributed by atoms with E-state index in [-0.39, 0.29) is 53.4 Å². The Morgan fingerprint density at radius 3 is 0.850 bits per heavy atom. The molecule has 0 aromatic heterocycles. The molecule has 4 heteroatoms. The first kappa shape index (κ1) is 29.5. The van der Waals surface area contributed by atoms with Crippen molar-refractivity contribution in [2.75, 3.05) is 26.2 Å². The van der Waals surface area contributed by atoms with Gasteiger partial charge in [-0.2, -0.15) is 0 Å². The van der Waals surface area contributed by atoms with Crippen LogP contribution in [0.5, 0.6) is 0 Å². The summed E-state index contributed by atoms with van der Waals surface area (Å²) in [5.74, 6) is 0. The van der Waals surface area contributed by atoms with Crippen LogP contribution in [0.1, 0.15) is 79.1 Å². The van der Waals surface area contributed by atoms with E-state index in [0.717, 1.165) is 0 Å². The van der Waals surface area contributed by atoms with E-state index < -0.39 is 0 Å². The summed E-state index contributed by atoms with van der Waals surface area (Å²) in [5.41, 5.74) is 0. The zero-order valence-electron chi connectivity index (χ0n) is 14.5. The Hall–Kier alpha value is 1.54. The maximum atomic E-state index is 2.33. The van der Waals surface area contributed by atoms with Crippen molar-refractivity contribution in [1.82, 2.24) is 0 Å². The van der Waals surface area contributed by atoms with Gasteiger partial charge in [-0.3, -0.25) is 0 Å². The van der Waals surface area contributed by atoms with E-state index in [1.165, 1.54) is 82.0 Å². The van der Waals surface area contributed by atoms with Crippen LogP contribution in [-0.2, 0) is 19.5 Å². The molecule has 0 saturated carbocycles. The van der Waals surface area contributed by atoms with Crippen molar-refractivity contribution < 1.29 is 24.0 Å². The molecule has 0 aliphatic carbocycles. The summed E-state index contributed by atoms with van der Waals surface area (Å²) in [6, 6.07) is 0. The van der Waals surface area contributed by atoms with Crippen LogP contribution in [0.3, 0.4) is 0 Å². The smallest absolute Gasteiger partial charge is 0.324 e. The molecule has 0 atom stereocenters. The third kappa shape index (κ3) is 14.5. The molecular formula is C16H38Br2NZn+3. The predicted molar refractivity (Wildman–Crippen MR) is 100 cm³/mol. The molecule has 0 bridgehead atoms. The molecule has 20 heavy (non-hydrogen) atoms. The third-order valence-electron chi connectivity index (χ3n) is 3.94. The number of unbranched alkanes of at least 4 members (excludes halogenated alkanes) is 4. The maximum absolute atomic E-state index is 2.33. The van der Waals surface area contributed by atoms with Crippen molar-refractivity contribution in [3.63, 3.8) is 0 Å². The van der Waals surface area contributed by atoms with Gasteiger partial charge in [-0.25, -0.2) is 0 Å². The van der Waals surface area contributed by atoms with Crippen molar-refractivity contribution in [3.05, 3.63) is 0 Å². The molecule has 0 saturated heterocycles. The van der Waals surface area contributed by atoms with Crippen molar-refractivity contribution >= 4 is 34.0 Å². The van der Waals surface area contributed by atoms with Crippen LogP contribution in [0.4, 0.5) is 0 Å². The number of hydrogen-bond acceptors (Lipinski definition) is 0. The molecule has 0 aliphatic heterocycles. The molecular weight excluding hydrogens is 431 g/mol. The summed E-state index contributed by atoms with van der Waals surface area (Å²) in [4.78, 5) is 0. The van der Waals surface area contributed by atoms with Crippen molar-refractivity contribution in [2.45, 2.75) is 79.1 Å². The van der Waals surface area contributed by atoms with E-state index in [1.54, 1.807) is 0 Å². The Morgan fingerprint density at radius 1 is 0.500 bits per heavy atom. The SMILES string of the molecule is Br.Br.CCCC[N+](CCCC)(CCCC)CCCC.[Zn+2]. The second-order valence-corrected chi connectivity index (χ2v) is 5.65. The molecule has 0 unspecified atom stereocenters. The van der Waals surface area contributed by atoms with Crippen LogP contribution in [-0.4, -0.2) is 30.7 Å². The quantitative estimate of drug-likeness (QED) is 0.237. The van der Waals surface area contributed by atoms with Gasteiger partial charge in [0.05, 0.1) is 26.2 Å². The molecule has 0 aromatic carbocycles. The van der Waals surface area contributed by atoms with Gasteiger partial charge >= 0.3 is 19.5 Å². The number of nitrogens with zero attached hydrogens (tertiary/aromatic N) is 1. The van der Waals surface area contributed by atoms with Gasteiger partial charge in [-0.15, -0.1) is 34.0 Å². The van der Waals surface area contributed by atoms with E-state index in [0.29, 0.717) is 0 Å². The van der Waals surface area contributed by atoms with E-state index in [2.05, 4.69) is 27.7 Å². The summed E-state index contributed by atoms with van der Waals surface area (Å²) in [6.45, 7) is 15.0. The maximum Gasteiger partial charge on any atom is 2.00 e.